The number of thioether (sulfide) groups is 1. The first-order valence-electron chi connectivity index (χ1n) is 6.53. The van der Waals surface area contributed by atoms with E-state index in [-0.39, 0.29) is 5.91 Å². The molecule has 2 aromatic rings. The van der Waals surface area contributed by atoms with Gasteiger partial charge in [0.1, 0.15) is 0 Å². The van der Waals surface area contributed by atoms with Gasteiger partial charge in [0.05, 0.1) is 10.6 Å². The summed E-state index contributed by atoms with van der Waals surface area (Å²) in [6.45, 7) is 1.98. The Morgan fingerprint density at radius 2 is 1.95 bits per heavy atom. The third kappa shape index (κ3) is 2.54. The van der Waals surface area contributed by atoms with E-state index in [0.29, 0.717) is 9.23 Å². The second-order valence-electron chi connectivity index (χ2n) is 4.85. The highest BCUT2D eigenvalue weighted by molar-refractivity contribution is 8.27. The van der Waals surface area contributed by atoms with Crippen molar-refractivity contribution in [1.82, 2.24) is 4.57 Å². The first-order valence-corrected chi connectivity index (χ1v) is 7.75. The maximum atomic E-state index is 12.6. The minimum atomic E-state index is -0.0551. The van der Waals surface area contributed by atoms with Crippen LogP contribution in [0.4, 0.5) is 5.69 Å². The molecule has 1 saturated heterocycles. The molecule has 0 atom stereocenters. The average molecular weight is 314 g/mol. The van der Waals surface area contributed by atoms with Crippen molar-refractivity contribution < 1.29 is 4.79 Å². The Kier molecular flexibility index (Phi) is 3.69. The molecule has 0 aliphatic carbocycles. The lowest BCUT2D eigenvalue weighted by atomic mass is 10.2. The Bertz CT molecular complexity index is 761. The average Bonchev–Trinajstić information content (AvgIpc) is 2.97. The molecule has 0 bridgehead atoms. The van der Waals surface area contributed by atoms with Crippen molar-refractivity contribution in [1.29, 1.82) is 0 Å². The van der Waals surface area contributed by atoms with Crippen molar-refractivity contribution in [2.24, 2.45) is 7.05 Å². The fourth-order valence-corrected chi connectivity index (χ4v) is 3.52. The Labute approximate surface area is 133 Å². The molecule has 1 aromatic heterocycles. The van der Waals surface area contributed by atoms with Gasteiger partial charge in [0.25, 0.3) is 5.91 Å². The summed E-state index contributed by atoms with van der Waals surface area (Å²) >= 11 is 6.73. The maximum absolute atomic E-state index is 12.6. The molecule has 0 unspecified atom stereocenters. The molecule has 1 aliphatic rings. The van der Waals surface area contributed by atoms with Crippen molar-refractivity contribution in [2.75, 3.05) is 4.90 Å². The van der Waals surface area contributed by atoms with E-state index in [0.717, 1.165) is 16.9 Å². The van der Waals surface area contributed by atoms with E-state index in [2.05, 4.69) is 0 Å². The number of carbonyl (C=O) groups excluding carboxylic acids is 1. The zero-order valence-electron chi connectivity index (χ0n) is 11.7. The van der Waals surface area contributed by atoms with Gasteiger partial charge < -0.3 is 4.57 Å². The van der Waals surface area contributed by atoms with Gasteiger partial charge in [0.2, 0.25) is 0 Å². The van der Waals surface area contributed by atoms with Gasteiger partial charge in [-0.2, -0.15) is 0 Å². The summed E-state index contributed by atoms with van der Waals surface area (Å²) in [4.78, 5) is 14.9. The maximum Gasteiger partial charge on any atom is 0.270 e. The molecule has 1 fully saturated rings. The summed E-state index contributed by atoms with van der Waals surface area (Å²) in [5.41, 5.74) is 2.88. The van der Waals surface area contributed by atoms with Crippen LogP contribution in [0, 0.1) is 6.92 Å². The highest BCUT2D eigenvalue weighted by atomic mass is 32.2. The van der Waals surface area contributed by atoms with E-state index in [4.69, 9.17) is 12.2 Å². The number of rotatable bonds is 2. The molecule has 0 saturated carbocycles. The zero-order chi connectivity index (χ0) is 15.0. The Morgan fingerprint density at radius 1 is 1.19 bits per heavy atom. The molecule has 21 heavy (non-hydrogen) atoms. The third-order valence-electron chi connectivity index (χ3n) is 3.41. The summed E-state index contributed by atoms with van der Waals surface area (Å²) in [6, 6.07) is 11.7. The molecule has 3 rings (SSSR count). The summed E-state index contributed by atoms with van der Waals surface area (Å²) in [7, 11) is 1.95. The predicted molar refractivity (Wildman–Crippen MR) is 92.2 cm³/mol. The van der Waals surface area contributed by atoms with E-state index in [9.17, 15) is 4.79 Å². The van der Waals surface area contributed by atoms with E-state index >= 15 is 0 Å². The fraction of sp³-hybridized carbons (Fsp3) is 0.125. The lowest BCUT2D eigenvalue weighted by Gasteiger charge is -2.16. The monoisotopic (exact) mass is 314 g/mol. The number of anilines is 1. The van der Waals surface area contributed by atoms with Crippen molar-refractivity contribution in [3.05, 3.63) is 58.8 Å². The molecule has 0 spiro atoms. The van der Waals surface area contributed by atoms with Crippen molar-refractivity contribution in [3.8, 4) is 0 Å². The number of aryl methyl sites for hydroxylation is 2. The number of hydrogen-bond acceptors (Lipinski definition) is 3. The SMILES string of the molecule is Cc1ccccc1N1C(=O)C(=Cc2cccn2C)SC1=S. The summed E-state index contributed by atoms with van der Waals surface area (Å²) in [5, 5.41) is 0. The number of para-hydroxylation sites is 1. The van der Waals surface area contributed by atoms with Crippen LogP contribution in [0.1, 0.15) is 11.3 Å². The van der Waals surface area contributed by atoms with E-state index in [1.54, 1.807) is 4.90 Å². The second kappa shape index (κ2) is 5.50. The van der Waals surface area contributed by atoms with Crippen LogP contribution in [-0.4, -0.2) is 14.8 Å². The van der Waals surface area contributed by atoms with Crippen LogP contribution >= 0.6 is 24.0 Å². The van der Waals surface area contributed by atoms with Crippen molar-refractivity contribution in [3.63, 3.8) is 0 Å². The number of amides is 1. The minimum absolute atomic E-state index is 0.0551. The van der Waals surface area contributed by atoms with Crippen LogP contribution in [-0.2, 0) is 11.8 Å². The number of aromatic nitrogens is 1. The minimum Gasteiger partial charge on any atom is -0.351 e. The van der Waals surface area contributed by atoms with Crippen LogP contribution in [0.15, 0.2) is 47.5 Å². The standard InChI is InChI=1S/C16H14N2OS2/c1-11-6-3-4-8-13(11)18-15(19)14(21-16(18)20)10-12-7-5-9-17(12)2/h3-10H,1-2H3. The Morgan fingerprint density at radius 3 is 2.62 bits per heavy atom. The molecule has 0 radical (unpaired) electrons. The summed E-state index contributed by atoms with van der Waals surface area (Å²) in [6.07, 6.45) is 3.84. The van der Waals surface area contributed by atoms with Gasteiger partial charge in [-0.25, -0.2) is 0 Å². The predicted octanol–water partition coefficient (Wildman–Crippen LogP) is 3.74. The van der Waals surface area contributed by atoms with Crippen LogP contribution in [0.25, 0.3) is 6.08 Å². The lowest BCUT2D eigenvalue weighted by Crippen LogP contribution is -2.28. The fourth-order valence-electron chi connectivity index (χ4n) is 2.25. The van der Waals surface area contributed by atoms with Crippen molar-refractivity contribution >= 4 is 46.0 Å². The van der Waals surface area contributed by atoms with Gasteiger partial charge in [-0.05, 0) is 36.8 Å². The van der Waals surface area contributed by atoms with E-state index in [1.807, 2.05) is 67.2 Å². The van der Waals surface area contributed by atoms with E-state index < -0.39 is 0 Å². The summed E-state index contributed by atoms with van der Waals surface area (Å²) < 4.78 is 2.55. The lowest BCUT2D eigenvalue weighted by molar-refractivity contribution is -0.113. The number of carbonyl (C=O) groups is 1. The first-order chi connectivity index (χ1) is 10.1. The van der Waals surface area contributed by atoms with Crippen LogP contribution in [0.5, 0.6) is 0 Å². The van der Waals surface area contributed by atoms with Crippen LogP contribution in [0.2, 0.25) is 0 Å². The van der Waals surface area contributed by atoms with Gasteiger partial charge in [0.15, 0.2) is 4.32 Å². The van der Waals surface area contributed by atoms with Crippen LogP contribution in [0.3, 0.4) is 0 Å². The number of hydrogen-bond donors (Lipinski definition) is 0. The Balaban J connectivity index is 1.99. The molecule has 5 heteroatoms. The quantitative estimate of drug-likeness (QED) is 0.624. The summed E-state index contributed by atoms with van der Waals surface area (Å²) in [5.74, 6) is -0.0551. The second-order valence-corrected chi connectivity index (χ2v) is 6.52. The Hall–Kier alpha value is -1.85. The topological polar surface area (TPSA) is 25.2 Å². The van der Waals surface area contributed by atoms with Crippen molar-refractivity contribution in [2.45, 2.75) is 6.92 Å². The number of benzene rings is 1. The molecular formula is C16H14N2OS2. The van der Waals surface area contributed by atoms with Crippen LogP contribution < -0.4 is 4.90 Å². The largest absolute Gasteiger partial charge is 0.351 e. The van der Waals surface area contributed by atoms with Gasteiger partial charge in [0, 0.05) is 18.9 Å². The third-order valence-corrected chi connectivity index (χ3v) is 4.72. The molecular weight excluding hydrogens is 300 g/mol. The normalized spacial score (nSPS) is 17.0. The van der Waals surface area contributed by atoms with Gasteiger partial charge in [-0.1, -0.05) is 42.2 Å². The van der Waals surface area contributed by atoms with Gasteiger partial charge >= 0.3 is 0 Å². The van der Waals surface area contributed by atoms with Gasteiger partial charge in [-0.3, -0.25) is 9.69 Å². The highest BCUT2D eigenvalue weighted by Gasteiger charge is 2.34. The molecule has 0 N–H and O–H groups in total. The molecule has 1 aromatic carbocycles. The number of thiocarbonyl (C=S) groups is 1. The highest BCUT2D eigenvalue weighted by Crippen LogP contribution is 2.37. The molecule has 1 amide bonds. The first kappa shape index (κ1) is 14.1. The molecule has 2 heterocycles. The number of nitrogens with zero attached hydrogens (tertiary/aromatic N) is 2. The van der Waals surface area contributed by atoms with E-state index in [1.165, 1.54) is 11.8 Å². The zero-order valence-corrected chi connectivity index (χ0v) is 13.4. The molecule has 1 aliphatic heterocycles. The van der Waals surface area contributed by atoms with Gasteiger partial charge in [-0.15, -0.1) is 0 Å². The molecule has 3 nitrogen and oxygen atoms in total. The molecule has 106 valence electrons. The smallest absolute Gasteiger partial charge is 0.270 e.